The maximum atomic E-state index is 12.2. The van der Waals surface area contributed by atoms with E-state index in [1.165, 1.54) is 5.56 Å². The number of hydrogen-bond acceptors (Lipinski definition) is 2. The number of carbonyl (C=O) groups is 1. The van der Waals surface area contributed by atoms with E-state index < -0.39 is 0 Å². The van der Waals surface area contributed by atoms with E-state index in [0.29, 0.717) is 5.92 Å². The number of ether oxygens (including phenoxy) is 1. The summed E-state index contributed by atoms with van der Waals surface area (Å²) in [4.78, 5) is 12.2. The molecular formula is C21H27NO2. The van der Waals surface area contributed by atoms with Gasteiger partial charge in [0.05, 0.1) is 0 Å². The van der Waals surface area contributed by atoms with Crippen molar-refractivity contribution in [2.45, 2.75) is 46.0 Å². The van der Waals surface area contributed by atoms with Crippen molar-refractivity contribution in [3.8, 4) is 5.75 Å². The number of rotatable bonds is 5. The normalized spacial score (nSPS) is 11.4. The van der Waals surface area contributed by atoms with Crippen LogP contribution in [0, 0.1) is 0 Å². The van der Waals surface area contributed by atoms with E-state index in [4.69, 9.17) is 4.74 Å². The zero-order valence-electron chi connectivity index (χ0n) is 15.2. The van der Waals surface area contributed by atoms with Crippen molar-refractivity contribution < 1.29 is 9.53 Å². The molecule has 0 aliphatic rings. The van der Waals surface area contributed by atoms with Crippen molar-refractivity contribution >= 4 is 11.6 Å². The molecular weight excluding hydrogens is 298 g/mol. The summed E-state index contributed by atoms with van der Waals surface area (Å²) in [5.41, 5.74) is 3.07. The quantitative estimate of drug-likeness (QED) is 0.828. The fraction of sp³-hybridized carbons (Fsp3) is 0.381. The first-order valence-corrected chi connectivity index (χ1v) is 8.39. The number of para-hydroxylation sites is 1. The Kier molecular flexibility index (Phi) is 5.66. The molecule has 0 saturated carbocycles. The van der Waals surface area contributed by atoms with Crippen LogP contribution >= 0.6 is 0 Å². The second-order valence-corrected chi connectivity index (χ2v) is 7.36. The molecule has 0 bridgehead atoms. The summed E-state index contributed by atoms with van der Waals surface area (Å²) in [6, 6.07) is 15.8. The molecule has 0 aromatic heterocycles. The second-order valence-electron chi connectivity index (χ2n) is 7.36. The third kappa shape index (κ3) is 4.85. The molecule has 24 heavy (non-hydrogen) atoms. The van der Waals surface area contributed by atoms with Crippen LogP contribution in [-0.4, -0.2) is 12.5 Å². The van der Waals surface area contributed by atoms with Crippen molar-refractivity contribution in [2.24, 2.45) is 0 Å². The highest BCUT2D eigenvalue weighted by atomic mass is 16.5. The molecule has 1 amide bonds. The Bertz CT molecular complexity index is 699. The average molecular weight is 325 g/mol. The van der Waals surface area contributed by atoms with E-state index >= 15 is 0 Å². The molecule has 0 saturated heterocycles. The number of anilines is 1. The molecule has 0 heterocycles. The Hall–Kier alpha value is -2.29. The molecule has 3 nitrogen and oxygen atoms in total. The van der Waals surface area contributed by atoms with Crippen LogP contribution in [0.3, 0.4) is 0 Å². The predicted octanol–water partition coefficient (Wildman–Crippen LogP) is 5.13. The molecule has 2 rings (SSSR count). The first-order chi connectivity index (χ1) is 11.3. The van der Waals surface area contributed by atoms with Crippen molar-refractivity contribution in [1.29, 1.82) is 0 Å². The van der Waals surface area contributed by atoms with Crippen molar-refractivity contribution in [3.05, 3.63) is 59.7 Å². The minimum absolute atomic E-state index is 0.000993. The molecule has 0 aliphatic heterocycles. The van der Waals surface area contributed by atoms with Gasteiger partial charge in [0.25, 0.3) is 5.91 Å². The summed E-state index contributed by atoms with van der Waals surface area (Å²) < 4.78 is 5.76. The number of benzene rings is 2. The van der Waals surface area contributed by atoms with Crippen LogP contribution in [0.2, 0.25) is 0 Å². The first kappa shape index (κ1) is 18.1. The zero-order valence-corrected chi connectivity index (χ0v) is 15.2. The summed E-state index contributed by atoms with van der Waals surface area (Å²) >= 11 is 0. The third-order valence-corrected chi connectivity index (χ3v) is 3.89. The minimum atomic E-state index is -0.153. The van der Waals surface area contributed by atoms with E-state index in [1.54, 1.807) is 0 Å². The van der Waals surface area contributed by atoms with E-state index in [-0.39, 0.29) is 17.9 Å². The number of nitrogens with one attached hydrogen (secondary N) is 1. The van der Waals surface area contributed by atoms with Crippen LogP contribution in [0.4, 0.5) is 5.69 Å². The number of hydrogen-bond donors (Lipinski definition) is 1. The summed E-state index contributed by atoms with van der Waals surface area (Å²) in [5, 5.41) is 2.90. The maximum absolute atomic E-state index is 12.2. The Labute approximate surface area is 145 Å². The van der Waals surface area contributed by atoms with E-state index in [9.17, 15) is 4.79 Å². The highest BCUT2D eigenvalue weighted by Gasteiger charge is 2.18. The predicted molar refractivity (Wildman–Crippen MR) is 99.8 cm³/mol. The lowest BCUT2D eigenvalue weighted by atomic mass is 9.86. The average Bonchev–Trinajstić information content (AvgIpc) is 2.52. The van der Waals surface area contributed by atoms with Gasteiger partial charge in [0.15, 0.2) is 6.61 Å². The fourth-order valence-corrected chi connectivity index (χ4v) is 2.53. The Balaban J connectivity index is 2.01. The van der Waals surface area contributed by atoms with Crippen molar-refractivity contribution in [2.75, 3.05) is 11.9 Å². The molecule has 3 heteroatoms. The molecule has 0 fully saturated rings. The minimum Gasteiger partial charge on any atom is -0.483 e. The molecule has 2 aromatic rings. The molecule has 0 radical (unpaired) electrons. The lowest BCUT2D eigenvalue weighted by Gasteiger charge is -2.22. The SMILES string of the molecule is CC(C)c1cccc(NC(=O)COc2ccccc2C(C)(C)C)c1. The van der Waals surface area contributed by atoms with Crippen LogP contribution in [-0.2, 0) is 10.2 Å². The summed E-state index contributed by atoms with van der Waals surface area (Å²) in [5.74, 6) is 1.03. The van der Waals surface area contributed by atoms with Crippen LogP contribution < -0.4 is 10.1 Å². The molecule has 1 N–H and O–H groups in total. The van der Waals surface area contributed by atoms with Gasteiger partial charge in [-0.25, -0.2) is 0 Å². The molecule has 0 aliphatic carbocycles. The standard InChI is InChI=1S/C21H27NO2/c1-15(2)16-9-8-10-17(13-16)22-20(23)14-24-19-12-7-6-11-18(19)21(3,4)5/h6-13,15H,14H2,1-5H3,(H,22,23). The van der Waals surface area contributed by atoms with Gasteiger partial charge in [-0.3, -0.25) is 4.79 Å². The topological polar surface area (TPSA) is 38.3 Å². The van der Waals surface area contributed by atoms with Gasteiger partial charge in [0.1, 0.15) is 5.75 Å². The summed E-state index contributed by atoms with van der Waals surface area (Å²) in [6.45, 7) is 10.7. The van der Waals surface area contributed by atoms with Gasteiger partial charge in [-0.2, -0.15) is 0 Å². The first-order valence-electron chi connectivity index (χ1n) is 8.39. The third-order valence-electron chi connectivity index (χ3n) is 3.89. The maximum Gasteiger partial charge on any atom is 0.262 e. The smallest absolute Gasteiger partial charge is 0.262 e. The zero-order chi connectivity index (χ0) is 17.7. The van der Waals surface area contributed by atoms with Crippen LogP contribution in [0.25, 0.3) is 0 Å². The Morgan fingerprint density at radius 2 is 1.79 bits per heavy atom. The Morgan fingerprint density at radius 3 is 2.46 bits per heavy atom. The highest BCUT2D eigenvalue weighted by Crippen LogP contribution is 2.30. The van der Waals surface area contributed by atoms with Gasteiger partial charge >= 0.3 is 0 Å². The lowest BCUT2D eigenvalue weighted by molar-refractivity contribution is -0.118. The highest BCUT2D eigenvalue weighted by molar-refractivity contribution is 5.92. The monoisotopic (exact) mass is 325 g/mol. The number of amides is 1. The van der Waals surface area contributed by atoms with Crippen LogP contribution in [0.1, 0.15) is 51.7 Å². The summed E-state index contributed by atoms with van der Waals surface area (Å²) in [6.07, 6.45) is 0. The van der Waals surface area contributed by atoms with E-state index in [0.717, 1.165) is 17.0 Å². The van der Waals surface area contributed by atoms with Gasteiger partial charge in [0.2, 0.25) is 0 Å². The van der Waals surface area contributed by atoms with Crippen LogP contribution in [0.15, 0.2) is 48.5 Å². The van der Waals surface area contributed by atoms with Crippen molar-refractivity contribution in [3.63, 3.8) is 0 Å². The largest absolute Gasteiger partial charge is 0.483 e. The lowest BCUT2D eigenvalue weighted by Crippen LogP contribution is -2.22. The van der Waals surface area contributed by atoms with E-state index in [1.807, 2.05) is 42.5 Å². The van der Waals surface area contributed by atoms with Crippen molar-refractivity contribution in [1.82, 2.24) is 0 Å². The second kappa shape index (κ2) is 7.52. The summed E-state index contributed by atoms with van der Waals surface area (Å²) in [7, 11) is 0. The van der Waals surface area contributed by atoms with Gasteiger partial charge in [-0.05, 0) is 40.7 Å². The van der Waals surface area contributed by atoms with Gasteiger partial charge in [-0.15, -0.1) is 0 Å². The fourth-order valence-electron chi connectivity index (χ4n) is 2.53. The van der Waals surface area contributed by atoms with Gasteiger partial charge in [-0.1, -0.05) is 65.0 Å². The number of carbonyl (C=O) groups excluding carboxylic acids is 1. The molecule has 0 spiro atoms. The molecule has 0 atom stereocenters. The van der Waals surface area contributed by atoms with E-state index in [2.05, 4.69) is 46.0 Å². The van der Waals surface area contributed by atoms with Gasteiger partial charge in [0, 0.05) is 5.69 Å². The Morgan fingerprint density at radius 1 is 1.08 bits per heavy atom. The van der Waals surface area contributed by atoms with Gasteiger partial charge < -0.3 is 10.1 Å². The van der Waals surface area contributed by atoms with Crippen LogP contribution in [0.5, 0.6) is 5.75 Å². The molecule has 0 unspecified atom stereocenters. The molecule has 128 valence electrons. The molecule has 2 aromatic carbocycles.